The molecule has 0 aliphatic rings. The van der Waals surface area contributed by atoms with Crippen molar-refractivity contribution in [2.45, 2.75) is 13.8 Å². The van der Waals surface area contributed by atoms with Gasteiger partial charge in [-0.1, -0.05) is 30.3 Å². The number of benzene rings is 1. The lowest BCUT2D eigenvalue weighted by atomic mass is 10.1. The number of hydrogen-bond acceptors (Lipinski definition) is 5. The predicted molar refractivity (Wildman–Crippen MR) is 103 cm³/mol. The average molecular weight is 363 g/mol. The molecular formula is C19H17N5OS. The second-order valence-electron chi connectivity index (χ2n) is 6.06. The van der Waals surface area contributed by atoms with Crippen LogP contribution in [0.3, 0.4) is 0 Å². The Morgan fingerprint density at radius 3 is 2.65 bits per heavy atom. The fourth-order valence-electron chi connectivity index (χ4n) is 2.96. The number of hydrogen-bond donors (Lipinski definition) is 1. The first kappa shape index (κ1) is 16.4. The van der Waals surface area contributed by atoms with E-state index in [0.717, 1.165) is 27.2 Å². The maximum absolute atomic E-state index is 13.0. The van der Waals surface area contributed by atoms with E-state index in [2.05, 4.69) is 15.4 Å². The number of thiazole rings is 1. The summed E-state index contributed by atoms with van der Waals surface area (Å²) in [5.74, 6) is -0.208. The van der Waals surface area contributed by atoms with Gasteiger partial charge in [0.1, 0.15) is 0 Å². The molecule has 0 spiro atoms. The van der Waals surface area contributed by atoms with E-state index in [-0.39, 0.29) is 5.91 Å². The van der Waals surface area contributed by atoms with E-state index in [9.17, 15) is 4.79 Å². The molecule has 0 radical (unpaired) electrons. The van der Waals surface area contributed by atoms with Gasteiger partial charge in [0, 0.05) is 23.7 Å². The molecule has 3 heterocycles. The van der Waals surface area contributed by atoms with Gasteiger partial charge >= 0.3 is 0 Å². The van der Waals surface area contributed by atoms with Crippen LogP contribution in [0.25, 0.3) is 22.3 Å². The SMILES string of the molecule is Cc1cnc(NC(=O)c2cc(-c3ccccc3)nc3c2c(C)nn3C)s1. The predicted octanol–water partition coefficient (Wildman–Crippen LogP) is 3.96. The first-order valence-corrected chi connectivity index (χ1v) is 8.98. The van der Waals surface area contributed by atoms with Gasteiger partial charge in [-0.25, -0.2) is 9.97 Å². The Morgan fingerprint density at radius 1 is 1.19 bits per heavy atom. The van der Waals surface area contributed by atoms with E-state index in [1.807, 2.05) is 57.3 Å². The zero-order valence-electron chi connectivity index (χ0n) is 14.6. The van der Waals surface area contributed by atoms with E-state index in [1.165, 1.54) is 11.3 Å². The molecule has 1 N–H and O–H groups in total. The maximum Gasteiger partial charge on any atom is 0.258 e. The number of fused-ring (bicyclic) bond motifs is 1. The molecule has 0 saturated carbocycles. The lowest BCUT2D eigenvalue weighted by Crippen LogP contribution is -2.13. The summed E-state index contributed by atoms with van der Waals surface area (Å²) in [7, 11) is 1.84. The summed E-state index contributed by atoms with van der Waals surface area (Å²) < 4.78 is 1.71. The molecule has 130 valence electrons. The van der Waals surface area contributed by atoms with Crippen LogP contribution in [0, 0.1) is 13.8 Å². The minimum atomic E-state index is -0.208. The molecule has 7 heteroatoms. The monoisotopic (exact) mass is 363 g/mol. The highest BCUT2D eigenvalue weighted by atomic mass is 32.1. The van der Waals surface area contributed by atoms with Gasteiger partial charge in [0.2, 0.25) is 0 Å². The van der Waals surface area contributed by atoms with E-state index in [0.29, 0.717) is 16.3 Å². The van der Waals surface area contributed by atoms with Crippen molar-refractivity contribution in [1.29, 1.82) is 0 Å². The number of nitrogens with one attached hydrogen (secondary N) is 1. The fraction of sp³-hybridized carbons (Fsp3) is 0.158. The molecule has 4 rings (SSSR count). The van der Waals surface area contributed by atoms with Gasteiger partial charge in [-0.05, 0) is 19.9 Å². The standard InChI is InChI=1S/C19H17N5OS/c1-11-10-20-19(26-11)22-18(25)14-9-15(13-7-5-4-6-8-13)21-17-16(14)12(2)23-24(17)3/h4-10H,1-3H3,(H,20,22,25). The minimum Gasteiger partial charge on any atom is -0.298 e. The van der Waals surface area contributed by atoms with Crippen LogP contribution >= 0.6 is 11.3 Å². The van der Waals surface area contributed by atoms with Crippen LogP contribution in [-0.2, 0) is 7.05 Å². The average Bonchev–Trinajstić information content (AvgIpc) is 3.18. The van der Waals surface area contributed by atoms with Gasteiger partial charge in [0.25, 0.3) is 5.91 Å². The summed E-state index contributed by atoms with van der Waals surface area (Å²) in [6.07, 6.45) is 1.74. The van der Waals surface area contributed by atoms with Gasteiger partial charge in [-0.3, -0.25) is 14.8 Å². The lowest BCUT2D eigenvalue weighted by molar-refractivity contribution is 0.102. The first-order chi connectivity index (χ1) is 12.5. The Labute approximate surface area is 154 Å². The minimum absolute atomic E-state index is 0.208. The molecule has 1 amide bonds. The molecule has 0 fully saturated rings. The van der Waals surface area contributed by atoms with Crippen molar-refractivity contribution in [3.8, 4) is 11.3 Å². The summed E-state index contributed by atoms with van der Waals surface area (Å²) in [5.41, 5.74) is 3.70. The Kier molecular flexibility index (Phi) is 4.00. The second kappa shape index (κ2) is 6.34. The summed E-state index contributed by atoms with van der Waals surface area (Å²) >= 11 is 1.45. The highest BCUT2D eigenvalue weighted by Crippen LogP contribution is 2.28. The van der Waals surface area contributed by atoms with Crippen molar-refractivity contribution in [2.24, 2.45) is 7.05 Å². The molecular weight excluding hydrogens is 346 g/mol. The van der Waals surface area contributed by atoms with Crippen LogP contribution in [-0.4, -0.2) is 25.7 Å². The van der Waals surface area contributed by atoms with Crippen molar-refractivity contribution in [3.63, 3.8) is 0 Å². The topological polar surface area (TPSA) is 72.7 Å². The van der Waals surface area contributed by atoms with E-state index < -0.39 is 0 Å². The van der Waals surface area contributed by atoms with Crippen molar-refractivity contribution >= 4 is 33.4 Å². The number of rotatable bonds is 3. The number of aromatic nitrogens is 4. The third-order valence-corrected chi connectivity index (χ3v) is 4.95. The normalized spacial score (nSPS) is 11.0. The van der Waals surface area contributed by atoms with Crippen LogP contribution in [0.5, 0.6) is 0 Å². The van der Waals surface area contributed by atoms with Gasteiger partial charge < -0.3 is 0 Å². The molecule has 6 nitrogen and oxygen atoms in total. The van der Waals surface area contributed by atoms with E-state index in [4.69, 9.17) is 4.98 Å². The van der Waals surface area contributed by atoms with Gasteiger partial charge in [0.05, 0.1) is 22.3 Å². The molecule has 0 unspecified atom stereocenters. The fourth-order valence-corrected chi connectivity index (χ4v) is 3.62. The highest BCUT2D eigenvalue weighted by molar-refractivity contribution is 7.15. The van der Waals surface area contributed by atoms with Crippen molar-refractivity contribution < 1.29 is 4.79 Å². The number of anilines is 1. The number of pyridine rings is 1. The number of carbonyl (C=O) groups excluding carboxylic acids is 1. The Morgan fingerprint density at radius 2 is 1.96 bits per heavy atom. The number of nitrogens with zero attached hydrogens (tertiary/aromatic N) is 4. The van der Waals surface area contributed by atoms with Gasteiger partial charge in [-0.15, -0.1) is 11.3 Å². The molecule has 0 atom stereocenters. The summed E-state index contributed by atoms with van der Waals surface area (Å²) in [5, 5.41) is 8.68. The number of aryl methyl sites for hydroxylation is 3. The van der Waals surface area contributed by atoms with Crippen LogP contribution < -0.4 is 5.32 Å². The number of carbonyl (C=O) groups is 1. The van der Waals surface area contributed by atoms with Crippen LogP contribution in [0.1, 0.15) is 20.9 Å². The van der Waals surface area contributed by atoms with Gasteiger partial charge in [-0.2, -0.15) is 5.10 Å². The molecule has 26 heavy (non-hydrogen) atoms. The molecule has 4 aromatic rings. The molecule has 0 aliphatic heterocycles. The number of amides is 1. The smallest absolute Gasteiger partial charge is 0.258 e. The van der Waals surface area contributed by atoms with Crippen LogP contribution in [0.2, 0.25) is 0 Å². The van der Waals surface area contributed by atoms with E-state index in [1.54, 1.807) is 10.9 Å². The third-order valence-electron chi connectivity index (χ3n) is 4.12. The third kappa shape index (κ3) is 2.86. The van der Waals surface area contributed by atoms with Gasteiger partial charge in [0.15, 0.2) is 10.8 Å². The largest absolute Gasteiger partial charge is 0.298 e. The summed E-state index contributed by atoms with van der Waals surface area (Å²) in [6, 6.07) is 11.6. The van der Waals surface area contributed by atoms with Crippen LogP contribution in [0.4, 0.5) is 5.13 Å². The summed E-state index contributed by atoms with van der Waals surface area (Å²) in [6.45, 7) is 3.84. The maximum atomic E-state index is 13.0. The van der Waals surface area contributed by atoms with Crippen LogP contribution in [0.15, 0.2) is 42.6 Å². The Bertz CT molecular complexity index is 1110. The van der Waals surface area contributed by atoms with E-state index >= 15 is 0 Å². The zero-order chi connectivity index (χ0) is 18.3. The lowest BCUT2D eigenvalue weighted by Gasteiger charge is -2.08. The Hall–Kier alpha value is -3.06. The Balaban J connectivity index is 1.87. The molecule has 0 bridgehead atoms. The van der Waals surface area contributed by atoms with Crippen molar-refractivity contribution in [1.82, 2.24) is 19.7 Å². The molecule has 1 aromatic carbocycles. The van der Waals surface area contributed by atoms with Crippen molar-refractivity contribution in [2.75, 3.05) is 5.32 Å². The molecule has 0 saturated heterocycles. The highest BCUT2D eigenvalue weighted by Gasteiger charge is 2.20. The molecule has 3 aromatic heterocycles. The van der Waals surface area contributed by atoms with Crippen molar-refractivity contribution in [3.05, 3.63) is 58.7 Å². The zero-order valence-corrected chi connectivity index (χ0v) is 15.5. The second-order valence-corrected chi connectivity index (χ2v) is 7.29. The summed E-state index contributed by atoms with van der Waals surface area (Å²) in [4.78, 5) is 23.0. The quantitative estimate of drug-likeness (QED) is 0.598. The first-order valence-electron chi connectivity index (χ1n) is 8.16. The molecule has 0 aliphatic carbocycles.